The van der Waals surface area contributed by atoms with Gasteiger partial charge >= 0.3 is 0 Å². The summed E-state index contributed by atoms with van der Waals surface area (Å²) in [7, 11) is -4.27. The Kier molecular flexibility index (Phi) is 11.1. The molecule has 0 heterocycles. The van der Waals surface area contributed by atoms with Gasteiger partial charge in [0.1, 0.15) is 18.4 Å². The summed E-state index contributed by atoms with van der Waals surface area (Å²) < 4.78 is 44.1. The number of nitrogens with zero attached hydrogens (tertiary/aromatic N) is 2. The van der Waals surface area contributed by atoms with Crippen LogP contribution in [-0.4, -0.2) is 44.3 Å². The number of benzene rings is 4. The van der Waals surface area contributed by atoms with Crippen LogP contribution in [0.2, 0.25) is 5.02 Å². The number of nitrogens with one attached hydrogen (secondary N) is 1. The van der Waals surface area contributed by atoms with Gasteiger partial charge in [-0.25, -0.2) is 12.8 Å². The minimum atomic E-state index is -4.27. The van der Waals surface area contributed by atoms with Crippen molar-refractivity contribution in [1.82, 2.24) is 10.2 Å². The Morgan fingerprint density at radius 1 is 0.886 bits per heavy atom. The lowest BCUT2D eigenvalue weighted by Gasteiger charge is -2.34. The molecule has 2 amide bonds. The van der Waals surface area contributed by atoms with Gasteiger partial charge in [0.15, 0.2) is 0 Å². The van der Waals surface area contributed by atoms with Crippen LogP contribution >= 0.6 is 11.6 Å². The van der Waals surface area contributed by atoms with Gasteiger partial charge in [-0.2, -0.15) is 0 Å². The number of anilines is 1. The van der Waals surface area contributed by atoms with E-state index in [0.29, 0.717) is 23.6 Å². The minimum Gasteiger partial charge on any atom is -0.354 e. The molecule has 0 spiro atoms. The first-order valence-corrected chi connectivity index (χ1v) is 16.1. The molecule has 4 rings (SSSR count). The summed E-state index contributed by atoms with van der Waals surface area (Å²) in [5.41, 5.74) is 1.66. The third-order valence-corrected chi connectivity index (χ3v) is 9.42. The Hall–Kier alpha value is -4.21. The van der Waals surface area contributed by atoms with E-state index in [1.165, 1.54) is 29.2 Å². The monoisotopic (exact) mass is 635 g/mol. The molecule has 4 aromatic rings. The molecular weight excluding hydrogens is 601 g/mol. The molecule has 10 heteroatoms. The average Bonchev–Trinajstić information content (AvgIpc) is 3.03. The molecule has 1 N–H and O–H groups in total. The number of rotatable bonds is 13. The molecule has 0 aliphatic heterocycles. The van der Waals surface area contributed by atoms with Gasteiger partial charge in [0.25, 0.3) is 10.0 Å². The maximum atomic E-state index is 15.0. The number of hydrogen-bond donors (Lipinski definition) is 1. The lowest BCUT2D eigenvalue weighted by atomic mass is 10.0. The van der Waals surface area contributed by atoms with Crippen LogP contribution in [0.15, 0.2) is 108 Å². The van der Waals surface area contributed by atoms with Crippen molar-refractivity contribution in [2.75, 3.05) is 17.4 Å². The van der Waals surface area contributed by atoms with Crippen molar-refractivity contribution in [2.24, 2.45) is 0 Å². The Balaban J connectivity index is 1.83. The van der Waals surface area contributed by atoms with Crippen molar-refractivity contribution in [3.63, 3.8) is 0 Å². The van der Waals surface area contributed by atoms with Gasteiger partial charge in [-0.3, -0.25) is 13.9 Å². The van der Waals surface area contributed by atoms with Crippen molar-refractivity contribution < 1.29 is 22.4 Å². The Morgan fingerprint density at radius 3 is 2.18 bits per heavy atom. The molecule has 1 unspecified atom stereocenters. The molecule has 44 heavy (non-hydrogen) atoms. The van der Waals surface area contributed by atoms with Gasteiger partial charge in [0.2, 0.25) is 11.8 Å². The van der Waals surface area contributed by atoms with Crippen molar-refractivity contribution >= 4 is 39.1 Å². The van der Waals surface area contributed by atoms with E-state index in [2.05, 4.69) is 5.32 Å². The molecule has 0 saturated heterocycles. The van der Waals surface area contributed by atoms with Crippen LogP contribution in [0, 0.1) is 12.7 Å². The highest BCUT2D eigenvalue weighted by atomic mass is 35.5. The zero-order valence-electron chi connectivity index (χ0n) is 24.6. The average molecular weight is 636 g/mol. The molecular formula is C34H35ClFN3O4S. The van der Waals surface area contributed by atoms with Crippen molar-refractivity contribution in [3.8, 4) is 0 Å². The maximum absolute atomic E-state index is 15.0. The van der Waals surface area contributed by atoms with Gasteiger partial charge in [0, 0.05) is 30.1 Å². The first-order valence-electron chi connectivity index (χ1n) is 14.3. The van der Waals surface area contributed by atoms with Gasteiger partial charge in [-0.05, 0) is 54.8 Å². The van der Waals surface area contributed by atoms with Crippen LogP contribution in [0.5, 0.6) is 0 Å². The predicted molar refractivity (Wildman–Crippen MR) is 171 cm³/mol. The van der Waals surface area contributed by atoms with E-state index >= 15 is 0 Å². The Bertz CT molecular complexity index is 1690. The summed E-state index contributed by atoms with van der Waals surface area (Å²) in [6, 6.07) is 26.7. The van der Waals surface area contributed by atoms with E-state index in [4.69, 9.17) is 11.6 Å². The van der Waals surface area contributed by atoms with Crippen molar-refractivity contribution in [3.05, 3.63) is 131 Å². The van der Waals surface area contributed by atoms with Gasteiger partial charge < -0.3 is 10.2 Å². The van der Waals surface area contributed by atoms with E-state index in [1.54, 1.807) is 55.5 Å². The highest BCUT2D eigenvalue weighted by molar-refractivity contribution is 7.92. The van der Waals surface area contributed by atoms with Gasteiger partial charge in [-0.1, -0.05) is 91.3 Å². The minimum absolute atomic E-state index is 0.0191. The summed E-state index contributed by atoms with van der Waals surface area (Å²) in [4.78, 5) is 29.3. The third-order valence-electron chi connectivity index (χ3n) is 7.24. The normalized spacial score (nSPS) is 11.9. The van der Waals surface area contributed by atoms with Crippen molar-refractivity contribution in [1.29, 1.82) is 0 Å². The van der Waals surface area contributed by atoms with E-state index in [1.807, 2.05) is 37.3 Å². The largest absolute Gasteiger partial charge is 0.354 e. The molecule has 7 nitrogen and oxygen atoms in total. The Morgan fingerprint density at radius 2 is 1.52 bits per heavy atom. The fourth-order valence-corrected chi connectivity index (χ4v) is 6.49. The van der Waals surface area contributed by atoms with Crippen molar-refractivity contribution in [2.45, 2.75) is 44.2 Å². The summed E-state index contributed by atoms with van der Waals surface area (Å²) in [6.45, 7) is 3.05. The van der Waals surface area contributed by atoms with Gasteiger partial charge in [-0.15, -0.1) is 0 Å². The molecule has 0 aliphatic rings. The highest BCUT2D eigenvalue weighted by Gasteiger charge is 2.35. The number of carbonyl (C=O) groups is 2. The number of sulfonamides is 1. The zero-order valence-corrected chi connectivity index (χ0v) is 26.2. The van der Waals surface area contributed by atoms with Crippen LogP contribution in [-0.2, 0) is 32.6 Å². The first kappa shape index (κ1) is 32.7. The maximum Gasteiger partial charge on any atom is 0.264 e. The van der Waals surface area contributed by atoms with E-state index < -0.39 is 40.2 Å². The molecule has 0 aliphatic carbocycles. The lowest BCUT2D eigenvalue weighted by Crippen LogP contribution is -2.53. The highest BCUT2D eigenvalue weighted by Crippen LogP contribution is 2.31. The molecule has 0 fully saturated rings. The number of amides is 2. The number of carbonyl (C=O) groups excluding carboxylic acids is 2. The SMILES string of the molecule is CCCNC(=O)C(Cc1ccccc1)N(Cc1ccccc1F)C(=O)CN(c1cccc(Cl)c1C)S(=O)(=O)c1ccccc1. The second kappa shape index (κ2) is 15.0. The molecule has 0 bridgehead atoms. The molecule has 0 aromatic heterocycles. The van der Waals surface area contributed by atoms with Crippen LogP contribution in [0.25, 0.3) is 0 Å². The predicted octanol–water partition coefficient (Wildman–Crippen LogP) is 6.15. The summed E-state index contributed by atoms with van der Waals surface area (Å²) in [6.07, 6.45) is 0.806. The molecule has 4 aromatic carbocycles. The molecule has 230 valence electrons. The zero-order chi connectivity index (χ0) is 31.7. The quantitative estimate of drug-likeness (QED) is 0.191. The van der Waals surface area contributed by atoms with Crippen LogP contribution in [0.3, 0.4) is 0 Å². The molecule has 0 radical (unpaired) electrons. The lowest BCUT2D eigenvalue weighted by molar-refractivity contribution is -0.140. The number of halogens is 2. The summed E-state index contributed by atoms with van der Waals surface area (Å²) >= 11 is 6.40. The third kappa shape index (κ3) is 7.84. The molecule has 0 saturated carbocycles. The fourth-order valence-electron chi connectivity index (χ4n) is 4.83. The van der Waals surface area contributed by atoms with Crippen LogP contribution in [0.1, 0.15) is 30.0 Å². The van der Waals surface area contributed by atoms with E-state index in [0.717, 1.165) is 9.87 Å². The standard InChI is InChI=1S/C34H35ClFN3O4S/c1-3-21-37-34(41)32(22-26-13-6-4-7-14-26)38(23-27-15-10-11-19-30(27)36)33(40)24-39(31-20-12-18-29(35)25(31)2)44(42,43)28-16-8-5-9-17-28/h4-20,32H,3,21-24H2,1-2H3,(H,37,41). The summed E-state index contributed by atoms with van der Waals surface area (Å²) in [5.74, 6) is -1.64. The topological polar surface area (TPSA) is 86.8 Å². The summed E-state index contributed by atoms with van der Waals surface area (Å²) in [5, 5.41) is 3.20. The second-order valence-electron chi connectivity index (χ2n) is 10.3. The van der Waals surface area contributed by atoms with E-state index in [-0.39, 0.29) is 29.1 Å². The Labute approximate surface area is 263 Å². The van der Waals surface area contributed by atoms with Crippen LogP contribution < -0.4 is 9.62 Å². The first-order chi connectivity index (χ1) is 21.1. The van der Waals surface area contributed by atoms with Crippen LogP contribution in [0.4, 0.5) is 10.1 Å². The molecule has 1 atom stereocenters. The van der Waals surface area contributed by atoms with Gasteiger partial charge in [0.05, 0.1) is 10.6 Å². The number of hydrogen-bond acceptors (Lipinski definition) is 4. The second-order valence-corrected chi connectivity index (χ2v) is 12.6. The smallest absolute Gasteiger partial charge is 0.264 e. The fraction of sp³-hybridized carbons (Fsp3) is 0.235. The van der Waals surface area contributed by atoms with E-state index in [9.17, 15) is 22.4 Å².